The van der Waals surface area contributed by atoms with Gasteiger partial charge in [-0.2, -0.15) is 8.42 Å². The molecule has 2 saturated heterocycles. The van der Waals surface area contributed by atoms with Crippen molar-refractivity contribution in [1.29, 1.82) is 0 Å². The van der Waals surface area contributed by atoms with Gasteiger partial charge in [0.2, 0.25) is 17.7 Å². The predicted octanol–water partition coefficient (Wildman–Crippen LogP) is 5.51. The Balaban J connectivity index is 0.000000276. The number of carbonyl (C=O) groups is 3. The van der Waals surface area contributed by atoms with Gasteiger partial charge in [0.25, 0.3) is 10.1 Å². The number of amides is 3. The molecule has 4 aromatic rings. The highest BCUT2D eigenvalue weighted by molar-refractivity contribution is 7.85. The number of piperidine rings is 2. The summed E-state index contributed by atoms with van der Waals surface area (Å²) in [7, 11) is -4.09. The van der Waals surface area contributed by atoms with Crippen LogP contribution in [0.3, 0.4) is 0 Å². The first kappa shape index (κ1) is 37.2. The van der Waals surface area contributed by atoms with Gasteiger partial charge in [0.1, 0.15) is 6.04 Å². The topological polar surface area (TPSA) is 136 Å². The van der Waals surface area contributed by atoms with Crippen molar-refractivity contribution in [3.8, 4) is 0 Å². The van der Waals surface area contributed by atoms with Crippen molar-refractivity contribution in [2.75, 3.05) is 31.1 Å². The van der Waals surface area contributed by atoms with Crippen molar-refractivity contribution in [1.82, 2.24) is 15.5 Å². The fourth-order valence-corrected chi connectivity index (χ4v) is 8.09. The Hall–Kier alpha value is -4.58. The smallest absolute Gasteiger partial charge is 0.294 e. The Kier molecular flexibility index (Phi) is 11.4. The Labute approximate surface area is 306 Å². The highest BCUT2D eigenvalue weighted by atomic mass is 32.2. The molecule has 7 rings (SSSR count). The molecule has 2 atom stereocenters. The molecule has 3 aliphatic heterocycles. The number of hydrogen-bond acceptors (Lipinski definition) is 6. The van der Waals surface area contributed by atoms with Crippen LogP contribution < -0.4 is 15.5 Å². The van der Waals surface area contributed by atoms with Gasteiger partial charge < -0.3 is 20.4 Å². The van der Waals surface area contributed by atoms with E-state index in [1.54, 1.807) is 12.1 Å². The monoisotopic (exact) mass is 724 g/mol. The van der Waals surface area contributed by atoms with Gasteiger partial charge in [-0.3, -0.25) is 18.9 Å². The van der Waals surface area contributed by atoms with Crippen LogP contribution in [0.1, 0.15) is 57.1 Å². The number of nitrogens with one attached hydrogen (secondary N) is 2. The second-order valence-electron chi connectivity index (χ2n) is 14.5. The molecule has 3 N–H and O–H groups in total. The lowest BCUT2D eigenvalue weighted by Gasteiger charge is -2.39. The first-order valence-corrected chi connectivity index (χ1v) is 19.6. The van der Waals surface area contributed by atoms with Crippen molar-refractivity contribution < 1.29 is 27.4 Å². The number of carbonyl (C=O) groups excluding carboxylic acids is 3. The van der Waals surface area contributed by atoms with E-state index in [2.05, 4.69) is 22.8 Å². The van der Waals surface area contributed by atoms with E-state index in [1.807, 2.05) is 84.3 Å². The standard InChI is InChI=1S/C31H40N4O3.C10H8O3S/c1-31(2)25-12-6-7-13-27(25)35(30(31)38)24-16-19-34(20-17-24)29(37)26(15-14-22-9-4-3-5-10-22)33-28(36)23-11-8-18-32-21-23;11-14(12,13)10-6-5-8-3-1-2-4-9(8)7-10/h3-7,9-10,12-13,23-24,26,32H,8,11,14-21H2,1-2H3,(H,33,36);1-7H,(H,11,12,13)/t23-,26?;/m1./s1. The average Bonchev–Trinajstić information content (AvgIpc) is 3.37. The molecule has 0 saturated carbocycles. The number of likely N-dealkylation sites (tertiary alicyclic amines) is 1. The van der Waals surface area contributed by atoms with Crippen molar-refractivity contribution in [3.63, 3.8) is 0 Å². The lowest BCUT2D eigenvalue weighted by molar-refractivity contribution is -0.138. The van der Waals surface area contributed by atoms with Crippen LogP contribution in [-0.4, -0.2) is 73.9 Å². The Morgan fingerprint density at radius 1 is 0.904 bits per heavy atom. The van der Waals surface area contributed by atoms with Crippen LogP contribution in [0.5, 0.6) is 0 Å². The third-order valence-electron chi connectivity index (χ3n) is 10.6. The largest absolute Gasteiger partial charge is 0.344 e. The number of benzene rings is 4. The van der Waals surface area contributed by atoms with Crippen LogP contribution >= 0.6 is 0 Å². The van der Waals surface area contributed by atoms with Gasteiger partial charge in [-0.15, -0.1) is 0 Å². The second kappa shape index (κ2) is 16.0. The van der Waals surface area contributed by atoms with E-state index >= 15 is 0 Å². The van der Waals surface area contributed by atoms with Crippen LogP contribution in [0.2, 0.25) is 0 Å². The van der Waals surface area contributed by atoms with Crippen LogP contribution in [0, 0.1) is 5.92 Å². The average molecular weight is 725 g/mol. The molecule has 274 valence electrons. The van der Waals surface area contributed by atoms with Crippen LogP contribution in [0.15, 0.2) is 102 Å². The molecule has 2 fully saturated rings. The minimum atomic E-state index is -4.09. The maximum Gasteiger partial charge on any atom is 0.294 e. The SMILES string of the molecule is CC1(C)C(=O)N(C2CCN(C(=O)C(CCc3ccccc3)NC(=O)[C@@H]3CCCNC3)CC2)c2ccccc21.O=S(=O)(O)c1ccc2ccccc2c1. The van der Waals surface area contributed by atoms with Gasteiger partial charge >= 0.3 is 0 Å². The lowest BCUT2D eigenvalue weighted by Crippen LogP contribution is -2.55. The second-order valence-corrected chi connectivity index (χ2v) is 15.9. The summed E-state index contributed by atoms with van der Waals surface area (Å²) in [5, 5.41) is 8.15. The zero-order valence-electron chi connectivity index (χ0n) is 29.8. The molecule has 3 amide bonds. The van der Waals surface area contributed by atoms with E-state index in [1.165, 1.54) is 12.1 Å². The zero-order valence-corrected chi connectivity index (χ0v) is 30.6. The molecule has 0 bridgehead atoms. The van der Waals surface area contributed by atoms with E-state index < -0.39 is 21.6 Å². The fourth-order valence-electron chi connectivity index (χ4n) is 7.57. The predicted molar refractivity (Wildman–Crippen MR) is 203 cm³/mol. The number of aryl methyl sites for hydroxylation is 1. The summed E-state index contributed by atoms with van der Waals surface area (Å²) >= 11 is 0. The summed E-state index contributed by atoms with van der Waals surface area (Å²) in [5.41, 5.74) is 2.70. The molecule has 11 heteroatoms. The lowest BCUT2D eigenvalue weighted by atomic mass is 9.86. The molecule has 4 aromatic carbocycles. The normalized spacial score (nSPS) is 19.4. The summed E-state index contributed by atoms with van der Waals surface area (Å²) < 4.78 is 30.5. The first-order chi connectivity index (χ1) is 24.9. The minimum Gasteiger partial charge on any atom is -0.344 e. The highest BCUT2D eigenvalue weighted by Crippen LogP contribution is 2.43. The molecule has 52 heavy (non-hydrogen) atoms. The minimum absolute atomic E-state index is 0.00928. The molecular weight excluding hydrogens is 677 g/mol. The quantitative estimate of drug-likeness (QED) is 0.204. The van der Waals surface area contributed by atoms with Gasteiger partial charge in [-0.1, -0.05) is 78.9 Å². The van der Waals surface area contributed by atoms with Gasteiger partial charge in [0, 0.05) is 31.4 Å². The molecule has 0 aliphatic carbocycles. The molecule has 0 aromatic heterocycles. The third kappa shape index (κ3) is 8.38. The number of nitrogens with zero attached hydrogens (tertiary/aromatic N) is 2. The van der Waals surface area contributed by atoms with Gasteiger partial charge in [-0.25, -0.2) is 0 Å². The number of rotatable bonds is 8. The molecule has 0 radical (unpaired) electrons. The number of para-hydroxylation sites is 1. The first-order valence-electron chi connectivity index (χ1n) is 18.2. The van der Waals surface area contributed by atoms with E-state index in [9.17, 15) is 22.8 Å². The van der Waals surface area contributed by atoms with Gasteiger partial charge in [0.15, 0.2) is 0 Å². The van der Waals surface area contributed by atoms with E-state index in [0.717, 1.165) is 66.2 Å². The van der Waals surface area contributed by atoms with E-state index in [-0.39, 0.29) is 34.6 Å². The summed E-state index contributed by atoms with van der Waals surface area (Å²) in [4.78, 5) is 44.0. The van der Waals surface area contributed by atoms with Crippen molar-refractivity contribution in [2.24, 2.45) is 5.92 Å². The zero-order chi connectivity index (χ0) is 36.9. The maximum absolute atomic E-state index is 13.7. The van der Waals surface area contributed by atoms with Crippen LogP contribution in [0.4, 0.5) is 5.69 Å². The Morgan fingerprint density at radius 2 is 1.58 bits per heavy atom. The number of anilines is 1. The Bertz CT molecular complexity index is 2000. The van der Waals surface area contributed by atoms with Crippen molar-refractivity contribution in [2.45, 2.75) is 74.8 Å². The summed E-state index contributed by atoms with van der Waals surface area (Å²) in [6.45, 7) is 6.76. The molecule has 3 aliphatic rings. The van der Waals surface area contributed by atoms with E-state index in [4.69, 9.17) is 4.55 Å². The Morgan fingerprint density at radius 3 is 2.27 bits per heavy atom. The molecule has 0 spiro atoms. The third-order valence-corrected chi connectivity index (χ3v) is 11.4. The molecular formula is C41H48N4O6S. The van der Waals surface area contributed by atoms with Crippen LogP contribution in [0.25, 0.3) is 10.8 Å². The summed E-state index contributed by atoms with van der Waals surface area (Å²) in [6.07, 6.45) is 4.59. The highest BCUT2D eigenvalue weighted by Gasteiger charge is 2.47. The van der Waals surface area contributed by atoms with Crippen molar-refractivity contribution in [3.05, 3.63) is 108 Å². The van der Waals surface area contributed by atoms with Gasteiger partial charge in [0.05, 0.1) is 16.2 Å². The molecule has 3 heterocycles. The molecule has 1 unspecified atom stereocenters. The maximum atomic E-state index is 13.7. The van der Waals surface area contributed by atoms with E-state index in [0.29, 0.717) is 26.1 Å². The number of fused-ring (bicyclic) bond motifs is 2. The molecule has 10 nitrogen and oxygen atoms in total. The summed E-state index contributed by atoms with van der Waals surface area (Å²) in [6, 6.07) is 29.6. The number of hydrogen-bond donors (Lipinski definition) is 3. The fraction of sp³-hybridized carbons (Fsp3) is 0.390. The summed E-state index contributed by atoms with van der Waals surface area (Å²) in [5.74, 6) is 0.00802. The van der Waals surface area contributed by atoms with Crippen LogP contribution in [-0.2, 0) is 36.3 Å². The van der Waals surface area contributed by atoms with Crippen molar-refractivity contribution >= 4 is 44.3 Å². The van der Waals surface area contributed by atoms with Gasteiger partial charge in [-0.05, 0) is 99.0 Å².